The van der Waals surface area contributed by atoms with Crippen LogP contribution < -0.4 is 5.32 Å². The second kappa shape index (κ2) is 7.58. The van der Waals surface area contributed by atoms with Gasteiger partial charge in [0.2, 0.25) is 5.91 Å². The van der Waals surface area contributed by atoms with Gasteiger partial charge in [-0.1, -0.05) is 13.8 Å². The molecule has 4 nitrogen and oxygen atoms in total. The molecule has 1 aromatic carbocycles. The summed E-state index contributed by atoms with van der Waals surface area (Å²) < 4.78 is 0. The Morgan fingerprint density at radius 2 is 1.65 bits per heavy atom. The van der Waals surface area contributed by atoms with Crippen molar-refractivity contribution in [3.05, 3.63) is 29.8 Å². The number of hydrogen-bond donors (Lipinski definition) is 1. The van der Waals surface area contributed by atoms with E-state index in [-0.39, 0.29) is 23.4 Å². The standard InChI is InChI=1S/C16H21NO3/c1-11(2)15(19)5-4-6-16(20)17-14-9-7-13(8-10-14)12(3)18/h7-11H,4-6H2,1-3H3,(H,17,20). The van der Waals surface area contributed by atoms with Gasteiger partial charge in [0.25, 0.3) is 0 Å². The number of amides is 1. The lowest BCUT2D eigenvalue weighted by atomic mass is 10.0. The number of benzene rings is 1. The first-order chi connectivity index (χ1) is 9.40. The highest BCUT2D eigenvalue weighted by Crippen LogP contribution is 2.11. The van der Waals surface area contributed by atoms with Crippen molar-refractivity contribution in [1.82, 2.24) is 0 Å². The molecule has 4 heteroatoms. The van der Waals surface area contributed by atoms with Crippen molar-refractivity contribution < 1.29 is 14.4 Å². The fourth-order valence-electron chi connectivity index (χ4n) is 1.72. The zero-order valence-corrected chi connectivity index (χ0v) is 12.2. The molecule has 0 atom stereocenters. The van der Waals surface area contributed by atoms with Crippen molar-refractivity contribution in [2.24, 2.45) is 5.92 Å². The number of Topliss-reactive ketones (excluding diaryl/α,β-unsaturated/α-hetero) is 2. The largest absolute Gasteiger partial charge is 0.326 e. The van der Waals surface area contributed by atoms with Crippen LogP contribution in [0.15, 0.2) is 24.3 Å². The molecule has 1 aromatic rings. The van der Waals surface area contributed by atoms with Crippen LogP contribution in [0.5, 0.6) is 0 Å². The summed E-state index contributed by atoms with van der Waals surface area (Å²) in [7, 11) is 0. The van der Waals surface area contributed by atoms with E-state index >= 15 is 0 Å². The zero-order valence-electron chi connectivity index (χ0n) is 12.2. The van der Waals surface area contributed by atoms with E-state index in [0.29, 0.717) is 30.5 Å². The maximum absolute atomic E-state index is 11.7. The van der Waals surface area contributed by atoms with E-state index < -0.39 is 0 Å². The minimum Gasteiger partial charge on any atom is -0.326 e. The molecule has 0 radical (unpaired) electrons. The second-order valence-corrected chi connectivity index (χ2v) is 5.16. The zero-order chi connectivity index (χ0) is 15.1. The fourth-order valence-corrected chi connectivity index (χ4v) is 1.72. The van der Waals surface area contributed by atoms with Gasteiger partial charge in [-0.25, -0.2) is 0 Å². The normalized spacial score (nSPS) is 10.4. The summed E-state index contributed by atoms with van der Waals surface area (Å²) in [6, 6.07) is 6.77. The number of hydrogen-bond acceptors (Lipinski definition) is 3. The van der Waals surface area contributed by atoms with E-state index in [2.05, 4.69) is 5.32 Å². The number of carbonyl (C=O) groups excluding carboxylic acids is 3. The Morgan fingerprint density at radius 3 is 2.15 bits per heavy atom. The van der Waals surface area contributed by atoms with Gasteiger partial charge in [0, 0.05) is 30.0 Å². The average molecular weight is 275 g/mol. The molecule has 0 heterocycles. The predicted molar refractivity (Wildman–Crippen MR) is 78.8 cm³/mol. The third-order valence-corrected chi connectivity index (χ3v) is 3.05. The topological polar surface area (TPSA) is 63.2 Å². The highest BCUT2D eigenvalue weighted by molar-refractivity contribution is 5.95. The van der Waals surface area contributed by atoms with E-state index in [1.165, 1.54) is 6.92 Å². The number of rotatable bonds is 7. The Bertz CT molecular complexity index is 489. The molecule has 108 valence electrons. The molecule has 0 aliphatic heterocycles. The SMILES string of the molecule is CC(=O)c1ccc(NC(=O)CCCC(=O)C(C)C)cc1. The van der Waals surface area contributed by atoms with E-state index in [9.17, 15) is 14.4 Å². The Labute approximate surface area is 119 Å². The van der Waals surface area contributed by atoms with E-state index in [1.54, 1.807) is 24.3 Å². The van der Waals surface area contributed by atoms with Crippen molar-refractivity contribution in [3.8, 4) is 0 Å². The van der Waals surface area contributed by atoms with Gasteiger partial charge in [-0.05, 0) is 37.6 Å². The lowest BCUT2D eigenvalue weighted by molar-refractivity contribution is -0.122. The molecular weight excluding hydrogens is 254 g/mol. The van der Waals surface area contributed by atoms with Gasteiger partial charge in [0.05, 0.1) is 0 Å². The second-order valence-electron chi connectivity index (χ2n) is 5.16. The third-order valence-electron chi connectivity index (χ3n) is 3.05. The van der Waals surface area contributed by atoms with Crippen molar-refractivity contribution in [2.45, 2.75) is 40.0 Å². The van der Waals surface area contributed by atoms with E-state index in [1.807, 2.05) is 13.8 Å². The van der Waals surface area contributed by atoms with Crippen LogP contribution in [0.25, 0.3) is 0 Å². The summed E-state index contributed by atoms with van der Waals surface area (Å²) in [6.45, 7) is 5.22. The van der Waals surface area contributed by atoms with Crippen LogP contribution in [0.2, 0.25) is 0 Å². The summed E-state index contributed by atoms with van der Waals surface area (Å²) in [5.41, 5.74) is 1.28. The molecule has 0 aliphatic carbocycles. The van der Waals surface area contributed by atoms with Crippen LogP contribution in [0.4, 0.5) is 5.69 Å². The van der Waals surface area contributed by atoms with Crippen molar-refractivity contribution in [1.29, 1.82) is 0 Å². The van der Waals surface area contributed by atoms with Gasteiger partial charge in [0.1, 0.15) is 5.78 Å². The molecule has 0 unspecified atom stereocenters. The smallest absolute Gasteiger partial charge is 0.224 e. The predicted octanol–water partition coefficient (Wildman–Crippen LogP) is 3.22. The van der Waals surface area contributed by atoms with Crippen LogP contribution >= 0.6 is 0 Å². The van der Waals surface area contributed by atoms with Crippen LogP contribution in [0.1, 0.15) is 50.4 Å². The number of carbonyl (C=O) groups is 3. The lowest BCUT2D eigenvalue weighted by Crippen LogP contribution is -2.13. The summed E-state index contributed by atoms with van der Waals surface area (Å²) >= 11 is 0. The number of nitrogens with one attached hydrogen (secondary N) is 1. The Kier molecular flexibility index (Phi) is 6.10. The van der Waals surface area contributed by atoms with Crippen LogP contribution in [0.3, 0.4) is 0 Å². The Hall–Kier alpha value is -1.97. The molecule has 1 rings (SSSR count). The summed E-state index contributed by atoms with van der Waals surface area (Å²) in [4.78, 5) is 34.2. The summed E-state index contributed by atoms with van der Waals surface area (Å²) in [5, 5.41) is 2.75. The first kappa shape index (κ1) is 16.1. The Balaban J connectivity index is 2.39. The summed E-state index contributed by atoms with van der Waals surface area (Å²) in [5.74, 6) is 0.0907. The van der Waals surface area contributed by atoms with Crippen LogP contribution in [0, 0.1) is 5.92 Å². The molecule has 1 N–H and O–H groups in total. The molecule has 0 spiro atoms. The molecule has 0 fully saturated rings. The molecular formula is C16H21NO3. The molecule has 0 aromatic heterocycles. The highest BCUT2D eigenvalue weighted by Gasteiger charge is 2.09. The van der Waals surface area contributed by atoms with Gasteiger partial charge >= 0.3 is 0 Å². The summed E-state index contributed by atoms with van der Waals surface area (Å²) in [6.07, 6.45) is 1.33. The van der Waals surface area contributed by atoms with Crippen LogP contribution in [-0.2, 0) is 9.59 Å². The van der Waals surface area contributed by atoms with Crippen molar-refractivity contribution in [2.75, 3.05) is 5.32 Å². The minimum atomic E-state index is -0.114. The number of anilines is 1. The third kappa shape index (κ3) is 5.34. The van der Waals surface area contributed by atoms with Gasteiger partial charge in [-0.3, -0.25) is 14.4 Å². The lowest BCUT2D eigenvalue weighted by Gasteiger charge is -2.06. The first-order valence-corrected chi connectivity index (χ1v) is 6.83. The van der Waals surface area contributed by atoms with Gasteiger partial charge < -0.3 is 5.32 Å². The number of ketones is 2. The highest BCUT2D eigenvalue weighted by atomic mass is 16.1. The molecule has 1 amide bonds. The Morgan fingerprint density at radius 1 is 1.05 bits per heavy atom. The van der Waals surface area contributed by atoms with Gasteiger partial charge in [-0.2, -0.15) is 0 Å². The monoisotopic (exact) mass is 275 g/mol. The van der Waals surface area contributed by atoms with Gasteiger partial charge in [-0.15, -0.1) is 0 Å². The molecule has 0 bridgehead atoms. The maximum atomic E-state index is 11.7. The molecule has 0 saturated heterocycles. The molecule has 20 heavy (non-hydrogen) atoms. The van der Waals surface area contributed by atoms with E-state index in [0.717, 1.165) is 0 Å². The van der Waals surface area contributed by atoms with E-state index in [4.69, 9.17) is 0 Å². The van der Waals surface area contributed by atoms with Crippen LogP contribution in [-0.4, -0.2) is 17.5 Å². The van der Waals surface area contributed by atoms with Gasteiger partial charge in [0.15, 0.2) is 5.78 Å². The maximum Gasteiger partial charge on any atom is 0.224 e. The molecule has 0 saturated carbocycles. The average Bonchev–Trinajstić information content (AvgIpc) is 2.39. The fraction of sp³-hybridized carbons (Fsp3) is 0.438. The van der Waals surface area contributed by atoms with Crippen molar-refractivity contribution in [3.63, 3.8) is 0 Å². The molecule has 0 aliphatic rings. The van der Waals surface area contributed by atoms with Crippen molar-refractivity contribution >= 4 is 23.2 Å². The quantitative estimate of drug-likeness (QED) is 0.777. The first-order valence-electron chi connectivity index (χ1n) is 6.83. The minimum absolute atomic E-state index is 0.00456.